The molecule has 0 N–H and O–H groups in total. The van der Waals surface area contributed by atoms with E-state index in [2.05, 4.69) is 46.0 Å². The van der Waals surface area contributed by atoms with Crippen molar-refractivity contribution in [3.63, 3.8) is 0 Å². The predicted octanol–water partition coefficient (Wildman–Crippen LogP) is 3.44. The lowest BCUT2D eigenvalue weighted by Gasteiger charge is -2.04. The number of fused-ring (bicyclic) bond motifs is 1. The van der Waals surface area contributed by atoms with Crippen molar-refractivity contribution in [2.75, 3.05) is 0 Å². The topological polar surface area (TPSA) is 12.9 Å². The van der Waals surface area contributed by atoms with Crippen molar-refractivity contribution in [3.05, 3.63) is 41.6 Å². The summed E-state index contributed by atoms with van der Waals surface area (Å²) < 4.78 is 0. The molecule has 2 aromatic rings. The van der Waals surface area contributed by atoms with Crippen LogP contribution in [0, 0.1) is 6.92 Å². The Morgan fingerprint density at radius 1 is 1.31 bits per heavy atom. The van der Waals surface area contributed by atoms with E-state index in [1.165, 1.54) is 16.5 Å². The summed E-state index contributed by atoms with van der Waals surface area (Å²) in [5, 5.41) is 2.11. The van der Waals surface area contributed by atoms with Crippen molar-refractivity contribution in [1.82, 2.24) is 4.98 Å². The molecule has 0 amide bonds. The van der Waals surface area contributed by atoms with Crippen LogP contribution >= 0.6 is 15.9 Å². The highest BCUT2D eigenvalue weighted by Gasteiger charge is 2.01. The van der Waals surface area contributed by atoms with E-state index in [0.29, 0.717) is 0 Å². The Labute approximate surface area is 85.9 Å². The molecule has 0 bridgehead atoms. The number of pyridine rings is 1. The van der Waals surface area contributed by atoms with Crippen LogP contribution in [-0.4, -0.2) is 4.98 Å². The lowest BCUT2D eigenvalue weighted by Crippen LogP contribution is -1.87. The van der Waals surface area contributed by atoms with Gasteiger partial charge in [-0.25, -0.2) is 0 Å². The second-order valence-corrected chi connectivity index (χ2v) is 3.64. The third-order valence-electron chi connectivity index (χ3n) is 2.22. The van der Waals surface area contributed by atoms with Crippen LogP contribution < -0.4 is 0 Å². The van der Waals surface area contributed by atoms with Crippen molar-refractivity contribution in [1.29, 1.82) is 0 Å². The predicted molar refractivity (Wildman–Crippen MR) is 59.1 cm³/mol. The normalized spacial score (nSPS) is 10.6. The Bertz CT molecular complexity index is 437. The molecule has 0 aliphatic rings. The number of rotatable bonds is 1. The summed E-state index contributed by atoms with van der Waals surface area (Å²) in [6, 6.07) is 8.36. The highest BCUT2D eigenvalue weighted by Crippen LogP contribution is 2.21. The van der Waals surface area contributed by atoms with E-state index in [-0.39, 0.29) is 0 Å². The molecular formula is C11H10BrN. The van der Waals surface area contributed by atoms with Crippen molar-refractivity contribution in [2.24, 2.45) is 0 Å². The molecule has 2 heteroatoms. The first-order valence-electron chi connectivity index (χ1n) is 4.22. The van der Waals surface area contributed by atoms with Crippen LogP contribution in [0.4, 0.5) is 0 Å². The van der Waals surface area contributed by atoms with E-state index in [0.717, 1.165) is 10.8 Å². The van der Waals surface area contributed by atoms with E-state index in [1.807, 2.05) is 12.3 Å². The molecule has 1 nitrogen and oxygen atoms in total. The molecule has 0 saturated carbocycles. The van der Waals surface area contributed by atoms with Gasteiger partial charge in [0.25, 0.3) is 0 Å². The first-order valence-corrected chi connectivity index (χ1v) is 5.34. The molecule has 0 spiro atoms. The van der Waals surface area contributed by atoms with Crippen LogP contribution in [0.5, 0.6) is 0 Å². The van der Waals surface area contributed by atoms with Gasteiger partial charge in [-0.1, -0.05) is 34.1 Å². The SMILES string of the molecule is Cc1ccc(CBr)c2ncccc12. The molecule has 66 valence electrons. The lowest BCUT2D eigenvalue weighted by atomic mass is 10.1. The van der Waals surface area contributed by atoms with Gasteiger partial charge in [0.1, 0.15) is 0 Å². The van der Waals surface area contributed by atoms with Gasteiger partial charge in [0.2, 0.25) is 0 Å². The largest absolute Gasteiger partial charge is 0.256 e. The zero-order valence-electron chi connectivity index (χ0n) is 7.42. The summed E-state index contributed by atoms with van der Waals surface area (Å²) >= 11 is 3.46. The van der Waals surface area contributed by atoms with Crippen LogP contribution in [0.15, 0.2) is 30.5 Å². The minimum absolute atomic E-state index is 0.862. The van der Waals surface area contributed by atoms with Crippen LogP contribution in [0.2, 0.25) is 0 Å². The molecule has 0 saturated heterocycles. The number of nitrogens with zero attached hydrogens (tertiary/aromatic N) is 1. The van der Waals surface area contributed by atoms with Gasteiger partial charge >= 0.3 is 0 Å². The number of hydrogen-bond acceptors (Lipinski definition) is 1. The van der Waals surface area contributed by atoms with Gasteiger partial charge in [-0.05, 0) is 24.1 Å². The Balaban J connectivity index is 2.84. The van der Waals surface area contributed by atoms with E-state index in [9.17, 15) is 0 Å². The highest BCUT2D eigenvalue weighted by atomic mass is 79.9. The van der Waals surface area contributed by atoms with E-state index in [1.54, 1.807) is 0 Å². The average molecular weight is 236 g/mol. The second-order valence-electron chi connectivity index (χ2n) is 3.07. The van der Waals surface area contributed by atoms with Gasteiger partial charge in [-0.15, -0.1) is 0 Å². The molecule has 0 unspecified atom stereocenters. The van der Waals surface area contributed by atoms with Crippen LogP contribution in [-0.2, 0) is 5.33 Å². The van der Waals surface area contributed by atoms with E-state index in [4.69, 9.17) is 0 Å². The average Bonchev–Trinajstić information content (AvgIpc) is 2.19. The van der Waals surface area contributed by atoms with Gasteiger partial charge in [0.05, 0.1) is 5.52 Å². The summed E-state index contributed by atoms with van der Waals surface area (Å²) in [6.07, 6.45) is 1.84. The number of halogens is 1. The number of alkyl halides is 1. The number of benzene rings is 1. The Morgan fingerprint density at radius 3 is 2.92 bits per heavy atom. The van der Waals surface area contributed by atoms with E-state index < -0.39 is 0 Å². The van der Waals surface area contributed by atoms with Gasteiger partial charge in [0, 0.05) is 16.9 Å². The molecule has 0 atom stereocenters. The molecule has 13 heavy (non-hydrogen) atoms. The summed E-state index contributed by atoms with van der Waals surface area (Å²) in [7, 11) is 0. The molecule has 0 radical (unpaired) electrons. The maximum Gasteiger partial charge on any atom is 0.0745 e. The first-order chi connectivity index (χ1) is 6.33. The van der Waals surface area contributed by atoms with Crippen LogP contribution in [0.3, 0.4) is 0 Å². The summed E-state index contributed by atoms with van der Waals surface area (Å²) in [5.41, 5.74) is 3.65. The zero-order valence-corrected chi connectivity index (χ0v) is 9.01. The number of aromatic nitrogens is 1. The standard InChI is InChI=1S/C11H10BrN/c1-8-4-5-9(7-12)11-10(8)3-2-6-13-11/h2-6H,7H2,1H3. The monoisotopic (exact) mass is 235 g/mol. The fraction of sp³-hybridized carbons (Fsp3) is 0.182. The Kier molecular flexibility index (Phi) is 2.32. The summed E-state index contributed by atoms with van der Waals surface area (Å²) in [5.74, 6) is 0. The van der Waals surface area contributed by atoms with E-state index >= 15 is 0 Å². The molecule has 0 fully saturated rings. The van der Waals surface area contributed by atoms with Crippen molar-refractivity contribution >= 4 is 26.8 Å². The molecule has 1 aromatic carbocycles. The maximum absolute atomic E-state index is 4.38. The van der Waals surface area contributed by atoms with Gasteiger partial charge < -0.3 is 0 Å². The van der Waals surface area contributed by atoms with Gasteiger partial charge in [-0.3, -0.25) is 4.98 Å². The molecule has 1 heterocycles. The molecular weight excluding hydrogens is 226 g/mol. The Morgan fingerprint density at radius 2 is 2.15 bits per heavy atom. The Hall–Kier alpha value is -0.890. The summed E-state index contributed by atoms with van der Waals surface area (Å²) in [4.78, 5) is 4.38. The molecule has 1 aromatic heterocycles. The fourth-order valence-corrected chi connectivity index (χ4v) is 1.93. The molecule has 2 rings (SSSR count). The van der Waals surface area contributed by atoms with Crippen molar-refractivity contribution in [2.45, 2.75) is 12.3 Å². The second kappa shape index (κ2) is 3.46. The minimum Gasteiger partial charge on any atom is -0.256 e. The van der Waals surface area contributed by atoms with Crippen LogP contribution in [0.25, 0.3) is 10.9 Å². The van der Waals surface area contributed by atoms with Gasteiger partial charge in [-0.2, -0.15) is 0 Å². The van der Waals surface area contributed by atoms with Crippen molar-refractivity contribution < 1.29 is 0 Å². The van der Waals surface area contributed by atoms with Crippen LogP contribution in [0.1, 0.15) is 11.1 Å². The maximum atomic E-state index is 4.38. The smallest absolute Gasteiger partial charge is 0.0745 e. The third kappa shape index (κ3) is 1.46. The zero-order chi connectivity index (χ0) is 9.26. The minimum atomic E-state index is 0.862. The highest BCUT2D eigenvalue weighted by molar-refractivity contribution is 9.08. The quantitative estimate of drug-likeness (QED) is 0.691. The number of aryl methyl sites for hydroxylation is 1. The van der Waals surface area contributed by atoms with Gasteiger partial charge in [0.15, 0.2) is 0 Å². The third-order valence-corrected chi connectivity index (χ3v) is 2.82. The first kappa shape index (κ1) is 8.70. The fourth-order valence-electron chi connectivity index (χ4n) is 1.48. The lowest BCUT2D eigenvalue weighted by molar-refractivity contribution is 1.34. The number of hydrogen-bond donors (Lipinski definition) is 0. The molecule has 0 aliphatic heterocycles. The summed E-state index contributed by atoms with van der Waals surface area (Å²) in [6.45, 7) is 2.11. The van der Waals surface area contributed by atoms with Crippen molar-refractivity contribution in [3.8, 4) is 0 Å². The molecule has 0 aliphatic carbocycles.